The van der Waals surface area contributed by atoms with Crippen molar-refractivity contribution >= 4 is 15.9 Å². The van der Waals surface area contributed by atoms with E-state index in [2.05, 4.69) is 15.9 Å². The van der Waals surface area contributed by atoms with Gasteiger partial charge in [-0.05, 0) is 12.1 Å². The van der Waals surface area contributed by atoms with Gasteiger partial charge in [0.1, 0.15) is 0 Å². The average molecular weight is 261 g/mol. The molecule has 1 aromatic rings. The van der Waals surface area contributed by atoms with Gasteiger partial charge in [0.15, 0.2) is 11.5 Å². The maximum absolute atomic E-state index is 9.76. The van der Waals surface area contributed by atoms with Crippen LogP contribution in [0, 0.1) is 0 Å². The van der Waals surface area contributed by atoms with Crippen LogP contribution in [0.25, 0.3) is 0 Å². The number of benzene rings is 1. The first-order valence-corrected chi connectivity index (χ1v) is 5.06. The van der Waals surface area contributed by atoms with E-state index in [1.54, 1.807) is 12.1 Å². The highest BCUT2D eigenvalue weighted by Crippen LogP contribution is 2.37. The van der Waals surface area contributed by atoms with Crippen LogP contribution in [0.3, 0.4) is 0 Å². The van der Waals surface area contributed by atoms with E-state index < -0.39 is 0 Å². The van der Waals surface area contributed by atoms with E-state index in [1.807, 2.05) is 6.92 Å². The van der Waals surface area contributed by atoms with Crippen molar-refractivity contribution in [2.75, 3.05) is 13.7 Å². The number of rotatable bonds is 3. The summed E-state index contributed by atoms with van der Waals surface area (Å²) in [5.74, 6) is 0.397. The van der Waals surface area contributed by atoms with Gasteiger partial charge in [-0.15, -0.1) is 0 Å². The van der Waals surface area contributed by atoms with E-state index in [9.17, 15) is 5.11 Å². The summed E-state index contributed by atoms with van der Waals surface area (Å²) in [6.45, 7) is 1.83. The minimum Gasteiger partial charge on any atom is -0.504 e. The molecule has 0 heterocycles. The standard InChI is InChI=1S/C10H13BrO3/c1-6(5-12)8-3-7(11)4-9(14-2)10(8)13/h3-4,6,12-13H,5H2,1-2H3. The predicted octanol–water partition coefficient (Wildman–Crippen LogP) is 2.26. The second kappa shape index (κ2) is 4.66. The monoisotopic (exact) mass is 260 g/mol. The van der Waals surface area contributed by atoms with E-state index >= 15 is 0 Å². The van der Waals surface area contributed by atoms with Crippen LogP contribution in [0.5, 0.6) is 11.5 Å². The summed E-state index contributed by atoms with van der Waals surface area (Å²) in [5, 5.41) is 18.8. The van der Waals surface area contributed by atoms with E-state index in [0.717, 1.165) is 4.47 Å². The van der Waals surface area contributed by atoms with Gasteiger partial charge < -0.3 is 14.9 Å². The summed E-state index contributed by atoms with van der Waals surface area (Å²) in [7, 11) is 1.49. The third-order valence-corrected chi connectivity index (χ3v) is 2.55. The normalized spacial score (nSPS) is 12.6. The zero-order valence-electron chi connectivity index (χ0n) is 8.12. The third kappa shape index (κ3) is 2.19. The maximum atomic E-state index is 9.76. The lowest BCUT2D eigenvalue weighted by atomic mass is 10.0. The molecule has 0 radical (unpaired) electrons. The molecular formula is C10H13BrO3. The Morgan fingerprint density at radius 2 is 2.14 bits per heavy atom. The number of phenolic OH excluding ortho intramolecular Hbond substituents is 1. The smallest absolute Gasteiger partial charge is 0.161 e. The van der Waals surface area contributed by atoms with Gasteiger partial charge in [0.05, 0.1) is 7.11 Å². The molecule has 0 amide bonds. The molecule has 0 aliphatic rings. The number of hydrogen-bond donors (Lipinski definition) is 2. The Labute approximate surface area is 91.5 Å². The van der Waals surface area contributed by atoms with Gasteiger partial charge in [-0.1, -0.05) is 22.9 Å². The molecule has 0 fully saturated rings. The number of methoxy groups -OCH3 is 1. The topological polar surface area (TPSA) is 49.7 Å². The van der Waals surface area contributed by atoms with Gasteiger partial charge in [0, 0.05) is 22.6 Å². The number of ether oxygens (including phenoxy) is 1. The first-order valence-electron chi connectivity index (χ1n) is 4.27. The Kier molecular flexibility index (Phi) is 3.77. The second-order valence-electron chi connectivity index (χ2n) is 3.13. The van der Waals surface area contributed by atoms with Crippen LogP contribution in [0.15, 0.2) is 16.6 Å². The molecule has 78 valence electrons. The highest BCUT2D eigenvalue weighted by molar-refractivity contribution is 9.10. The largest absolute Gasteiger partial charge is 0.504 e. The van der Waals surface area contributed by atoms with Crippen LogP contribution in [0.2, 0.25) is 0 Å². The van der Waals surface area contributed by atoms with Gasteiger partial charge in [-0.3, -0.25) is 0 Å². The van der Waals surface area contributed by atoms with Crippen molar-refractivity contribution in [2.45, 2.75) is 12.8 Å². The number of aromatic hydroxyl groups is 1. The molecule has 1 unspecified atom stereocenters. The van der Waals surface area contributed by atoms with Crippen molar-refractivity contribution in [3.63, 3.8) is 0 Å². The van der Waals surface area contributed by atoms with Crippen molar-refractivity contribution in [2.24, 2.45) is 0 Å². The SMILES string of the molecule is COc1cc(Br)cc(C(C)CO)c1O. The fourth-order valence-corrected chi connectivity index (χ4v) is 1.68. The first-order chi connectivity index (χ1) is 6.60. The molecule has 2 N–H and O–H groups in total. The Hall–Kier alpha value is -0.740. The number of phenols is 1. The molecule has 1 atom stereocenters. The Morgan fingerprint density at radius 3 is 2.64 bits per heavy atom. The summed E-state index contributed by atoms with van der Waals surface area (Å²) in [4.78, 5) is 0. The van der Waals surface area contributed by atoms with E-state index in [1.165, 1.54) is 7.11 Å². The summed E-state index contributed by atoms with van der Waals surface area (Å²) in [6, 6.07) is 3.46. The van der Waals surface area contributed by atoms with Crippen LogP contribution in [0.4, 0.5) is 0 Å². The molecule has 0 aliphatic carbocycles. The Morgan fingerprint density at radius 1 is 1.50 bits per heavy atom. The average Bonchev–Trinajstić information content (AvgIpc) is 2.19. The van der Waals surface area contributed by atoms with Gasteiger partial charge in [0.2, 0.25) is 0 Å². The molecule has 0 bridgehead atoms. The lowest BCUT2D eigenvalue weighted by Gasteiger charge is -2.13. The highest BCUT2D eigenvalue weighted by Gasteiger charge is 2.14. The van der Waals surface area contributed by atoms with Crippen LogP contribution in [-0.4, -0.2) is 23.9 Å². The minimum atomic E-state index is -0.110. The van der Waals surface area contributed by atoms with Crippen molar-refractivity contribution in [3.8, 4) is 11.5 Å². The lowest BCUT2D eigenvalue weighted by Crippen LogP contribution is -2.00. The van der Waals surface area contributed by atoms with E-state index in [4.69, 9.17) is 9.84 Å². The van der Waals surface area contributed by atoms with Gasteiger partial charge in [0.25, 0.3) is 0 Å². The zero-order valence-corrected chi connectivity index (χ0v) is 9.71. The maximum Gasteiger partial charge on any atom is 0.161 e. The molecule has 4 heteroatoms. The van der Waals surface area contributed by atoms with E-state index in [0.29, 0.717) is 11.3 Å². The predicted molar refractivity (Wildman–Crippen MR) is 57.9 cm³/mol. The fraction of sp³-hybridized carbons (Fsp3) is 0.400. The van der Waals surface area contributed by atoms with Gasteiger partial charge >= 0.3 is 0 Å². The van der Waals surface area contributed by atoms with Crippen LogP contribution in [-0.2, 0) is 0 Å². The summed E-state index contributed by atoms with van der Waals surface area (Å²) >= 11 is 3.31. The molecule has 0 aliphatic heterocycles. The molecule has 14 heavy (non-hydrogen) atoms. The van der Waals surface area contributed by atoms with Crippen molar-refractivity contribution < 1.29 is 14.9 Å². The summed E-state index contributed by atoms with van der Waals surface area (Å²) in [5.41, 5.74) is 0.679. The minimum absolute atomic E-state index is 0.00678. The zero-order chi connectivity index (χ0) is 10.7. The van der Waals surface area contributed by atoms with Gasteiger partial charge in [-0.2, -0.15) is 0 Å². The highest BCUT2D eigenvalue weighted by atomic mass is 79.9. The molecule has 1 rings (SSSR count). The molecule has 1 aromatic carbocycles. The molecular weight excluding hydrogens is 248 g/mol. The molecule has 3 nitrogen and oxygen atoms in total. The molecule has 0 saturated heterocycles. The molecule has 0 aromatic heterocycles. The number of aliphatic hydroxyl groups excluding tert-OH is 1. The lowest BCUT2D eigenvalue weighted by molar-refractivity contribution is 0.269. The Balaban J connectivity index is 3.21. The molecule has 0 spiro atoms. The summed E-state index contributed by atoms with van der Waals surface area (Å²) in [6.07, 6.45) is 0. The second-order valence-corrected chi connectivity index (χ2v) is 4.05. The first kappa shape index (κ1) is 11.3. The third-order valence-electron chi connectivity index (χ3n) is 2.09. The van der Waals surface area contributed by atoms with Crippen LogP contribution < -0.4 is 4.74 Å². The van der Waals surface area contributed by atoms with Crippen molar-refractivity contribution in [1.82, 2.24) is 0 Å². The number of aliphatic hydroxyl groups is 1. The fourth-order valence-electron chi connectivity index (χ4n) is 1.22. The van der Waals surface area contributed by atoms with Crippen molar-refractivity contribution in [3.05, 3.63) is 22.2 Å². The van der Waals surface area contributed by atoms with Crippen LogP contribution in [0.1, 0.15) is 18.4 Å². The Bertz CT molecular complexity index is 325. The van der Waals surface area contributed by atoms with Crippen LogP contribution >= 0.6 is 15.9 Å². The van der Waals surface area contributed by atoms with Gasteiger partial charge in [-0.25, -0.2) is 0 Å². The number of hydrogen-bond acceptors (Lipinski definition) is 3. The quantitative estimate of drug-likeness (QED) is 0.877. The molecule has 0 saturated carbocycles. The summed E-state index contributed by atoms with van der Waals surface area (Å²) < 4.78 is 5.82. The van der Waals surface area contributed by atoms with Crippen molar-refractivity contribution in [1.29, 1.82) is 0 Å². The van der Waals surface area contributed by atoms with E-state index in [-0.39, 0.29) is 18.3 Å². The number of halogens is 1.